The van der Waals surface area contributed by atoms with Crippen LogP contribution >= 0.6 is 11.6 Å². The van der Waals surface area contributed by atoms with Crippen LogP contribution in [0.5, 0.6) is 0 Å². The molecule has 4 aliphatic carbocycles. The maximum Gasteiger partial charge on any atom is 0.282 e. The highest BCUT2D eigenvalue weighted by Gasteiger charge is 2.68. The zero-order valence-corrected chi connectivity index (χ0v) is 19.9. The van der Waals surface area contributed by atoms with Gasteiger partial charge in [0.25, 0.3) is 14.6 Å². The zero-order chi connectivity index (χ0) is 21.2. The largest absolute Gasteiger partial charge is 0.481 e. The maximum atomic E-state index is 12.0. The van der Waals surface area contributed by atoms with Crippen LogP contribution in [0.25, 0.3) is 0 Å². The van der Waals surface area contributed by atoms with E-state index in [2.05, 4.69) is 13.8 Å². The molecule has 0 aliphatic heterocycles. The van der Waals surface area contributed by atoms with Crippen LogP contribution in [0.2, 0.25) is 13.1 Å². The van der Waals surface area contributed by atoms with E-state index in [0.29, 0.717) is 36.4 Å². The number of allylic oxidation sites excluding steroid dienone is 1. The Morgan fingerprint density at radius 2 is 1.90 bits per heavy atom. The van der Waals surface area contributed by atoms with Crippen molar-refractivity contribution in [1.29, 1.82) is 5.26 Å². The molecule has 7 atom stereocenters. The van der Waals surface area contributed by atoms with Gasteiger partial charge < -0.3 is 9.53 Å². The minimum atomic E-state index is -2.55. The number of carbonyl (C=O) groups is 1. The van der Waals surface area contributed by atoms with Crippen molar-refractivity contribution < 1.29 is 14.3 Å². The summed E-state index contributed by atoms with van der Waals surface area (Å²) in [5.74, 6) is 1.89. The molecule has 3 saturated carbocycles. The van der Waals surface area contributed by atoms with Gasteiger partial charge in [0, 0.05) is 11.8 Å². The first-order valence-electron chi connectivity index (χ1n) is 11.2. The standard InChI is InChI=1S/C23H34ClNO3Si/c1-21-10-7-16(26)13-15(21)5-6-17-18(21)8-11-22(2)19(17)9-12-23(22,27)20(24)29(3,4)28-14-25/h13,17-20,27H,5-12H2,1-4H3/t17?,18?,19?,20-,21+,22+,23+/m1/s1. The van der Waals surface area contributed by atoms with Gasteiger partial charge in [0.2, 0.25) is 0 Å². The van der Waals surface area contributed by atoms with Crippen LogP contribution in [0.15, 0.2) is 11.6 Å². The summed E-state index contributed by atoms with van der Waals surface area (Å²) in [5, 5.41) is 20.5. The Kier molecular flexibility index (Phi) is 5.04. The van der Waals surface area contributed by atoms with E-state index in [9.17, 15) is 9.90 Å². The molecule has 0 amide bonds. The van der Waals surface area contributed by atoms with Crippen LogP contribution in [0.1, 0.15) is 65.2 Å². The Morgan fingerprint density at radius 3 is 2.59 bits per heavy atom. The van der Waals surface area contributed by atoms with Crippen molar-refractivity contribution in [2.24, 2.45) is 28.6 Å². The number of carbonyl (C=O) groups excluding carboxylic acids is 1. The summed E-state index contributed by atoms with van der Waals surface area (Å²) in [4.78, 5) is 12.0. The fourth-order valence-electron chi connectivity index (χ4n) is 7.77. The molecule has 3 fully saturated rings. The van der Waals surface area contributed by atoms with Gasteiger partial charge in [-0.15, -0.1) is 11.6 Å². The second-order valence-electron chi connectivity index (χ2n) is 11.0. The highest BCUT2D eigenvalue weighted by molar-refractivity contribution is 6.80. The molecule has 29 heavy (non-hydrogen) atoms. The molecule has 0 radical (unpaired) electrons. The van der Waals surface area contributed by atoms with Crippen LogP contribution in [0.3, 0.4) is 0 Å². The molecule has 4 aliphatic rings. The smallest absolute Gasteiger partial charge is 0.282 e. The van der Waals surface area contributed by atoms with Gasteiger partial charge in [0.1, 0.15) is 0 Å². The van der Waals surface area contributed by atoms with Crippen LogP contribution in [0, 0.1) is 40.1 Å². The number of fused-ring (bicyclic) bond motifs is 5. The predicted octanol–water partition coefficient (Wildman–Crippen LogP) is 5.10. The molecular formula is C23H34ClNO3Si. The van der Waals surface area contributed by atoms with Gasteiger partial charge in [0.15, 0.2) is 5.78 Å². The molecule has 0 bridgehead atoms. The summed E-state index contributed by atoms with van der Waals surface area (Å²) < 4.78 is 5.41. The van der Waals surface area contributed by atoms with E-state index in [4.69, 9.17) is 21.3 Å². The molecule has 6 heteroatoms. The summed E-state index contributed by atoms with van der Waals surface area (Å²) in [7, 11) is -2.55. The number of aliphatic hydroxyl groups is 1. The fourth-order valence-corrected chi connectivity index (χ4v) is 10.2. The van der Waals surface area contributed by atoms with Crippen molar-refractivity contribution in [3.63, 3.8) is 0 Å². The third-order valence-electron chi connectivity index (χ3n) is 9.52. The first kappa shape index (κ1) is 21.4. The molecule has 0 aromatic carbocycles. The quantitative estimate of drug-likeness (QED) is 0.380. The van der Waals surface area contributed by atoms with Crippen LogP contribution in [0.4, 0.5) is 0 Å². The van der Waals surface area contributed by atoms with Crippen molar-refractivity contribution in [2.45, 2.75) is 88.9 Å². The first-order chi connectivity index (χ1) is 13.5. The summed E-state index contributed by atoms with van der Waals surface area (Å²) in [6.45, 7) is 8.50. The lowest BCUT2D eigenvalue weighted by Crippen LogP contribution is -2.63. The van der Waals surface area contributed by atoms with E-state index in [1.807, 2.05) is 25.4 Å². The predicted molar refractivity (Wildman–Crippen MR) is 115 cm³/mol. The Bertz CT molecular complexity index is 791. The molecule has 0 saturated heterocycles. The number of halogens is 1. The fraction of sp³-hybridized carbons (Fsp3) is 0.826. The Balaban J connectivity index is 1.65. The van der Waals surface area contributed by atoms with Crippen molar-refractivity contribution in [2.75, 3.05) is 0 Å². The number of hydrogen-bond acceptors (Lipinski definition) is 4. The topological polar surface area (TPSA) is 70.3 Å². The van der Waals surface area contributed by atoms with Gasteiger partial charge >= 0.3 is 0 Å². The van der Waals surface area contributed by atoms with Crippen molar-refractivity contribution in [3.8, 4) is 6.26 Å². The third-order valence-corrected chi connectivity index (χ3v) is 13.8. The summed E-state index contributed by atoms with van der Waals surface area (Å²) in [6.07, 6.45) is 11.2. The Morgan fingerprint density at radius 1 is 1.21 bits per heavy atom. The second kappa shape index (κ2) is 6.84. The minimum Gasteiger partial charge on any atom is -0.481 e. The molecule has 1 N–H and O–H groups in total. The average molecular weight is 436 g/mol. The Labute approximate surface area is 180 Å². The Hall–Kier alpha value is -0.833. The van der Waals surface area contributed by atoms with E-state index >= 15 is 0 Å². The van der Waals surface area contributed by atoms with E-state index < -0.39 is 18.9 Å². The minimum absolute atomic E-state index is 0.136. The van der Waals surface area contributed by atoms with Crippen molar-refractivity contribution in [1.82, 2.24) is 0 Å². The second-order valence-corrected chi connectivity index (χ2v) is 15.8. The number of ketones is 1. The highest BCUT2D eigenvalue weighted by Crippen LogP contribution is 2.68. The van der Waals surface area contributed by atoms with Crippen LogP contribution in [-0.4, -0.2) is 29.8 Å². The SMILES string of the molecule is C[C@]12CCC(=O)C=C1CCC1C2CC[C@@]2(C)C1CC[C@]2(O)[C@H](Cl)[Si](C)(C)OC#N. The lowest BCUT2D eigenvalue weighted by atomic mass is 9.46. The molecule has 160 valence electrons. The van der Waals surface area contributed by atoms with Gasteiger partial charge in [-0.1, -0.05) is 19.4 Å². The van der Waals surface area contributed by atoms with E-state index in [-0.39, 0.29) is 10.8 Å². The monoisotopic (exact) mass is 435 g/mol. The first-order valence-corrected chi connectivity index (χ1v) is 14.6. The highest BCUT2D eigenvalue weighted by atomic mass is 35.5. The molecule has 3 unspecified atom stereocenters. The van der Waals surface area contributed by atoms with Crippen molar-refractivity contribution >= 4 is 25.7 Å². The molecule has 0 aromatic heterocycles. The summed E-state index contributed by atoms with van der Waals surface area (Å²) in [5.41, 5.74) is 0.275. The normalized spacial score (nSPS) is 45.3. The van der Waals surface area contributed by atoms with E-state index in [1.165, 1.54) is 5.57 Å². The van der Waals surface area contributed by atoms with Crippen molar-refractivity contribution in [3.05, 3.63) is 11.6 Å². The number of nitriles is 1. The van der Waals surface area contributed by atoms with Crippen LogP contribution in [-0.2, 0) is 9.22 Å². The molecule has 4 rings (SSSR count). The molecule has 0 aromatic rings. The number of rotatable bonds is 3. The van der Waals surface area contributed by atoms with Gasteiger partial charge in [-0.2, -0.15) is 5.26 Å². The lowest BCUT2D eigenvalue weighted by molar-refractivity contribution is -0.126. The molecule has 0 spiro atoms. The van der Waals surface area contributed by atoms with Gasteiger partial charge in [-0.05, 0) is 87.3 Å². The molecular weight excluding hydrogens is 402 g/mol. The van der Waals surface area contributed by atoms with Crippen LogP contribution < -0.4 is 0 Å². The lowest BCUT2D eigenvalue weighted by Gasteiger charge is -2.60. The van der Waals surface area contributed by atoms with E-state index in [0.717, 1.165) is 38.5 Å². The number of alkyl halides is 1. The zero-order valence-electron chi connectivity index (χ0n) is 18.1. The van der Waals surface area contributed by atoms with Gasteiger partial charge in [-0.25, -0.2) is 0 Å². The summed E-state index contributed by atoms with van der Waals surface area (Å²) >= 11 is 6.93. The number of nitrogens with zero attached hydrogens (tertiary/aromatic N) is 1. The van der Waals surface area contributed by atoms with Gasteiger partial charge in [-0.3, -0.25) is 4.79 Å². The summed E-state index contributed by atoms with van der Waals surface area (Å²) in [6, 6.07) is 0. The molecule has 0 heterocycles. The average Bonchev–Trinajstić information content (AvgIpc) is 2.94. The van der Waals surface area contributed by atoms with Gasteiger partial charge in [0.05, 0.1) is 10.6 Å². The maximum absolute atomic E-state index is 12.0. The molecule has 4 nitrogen and oxygen atoms in total. The number of hydrogen-bond donors (Lipinski definition) is 1. The third kappa shape index (κ3) is 2.89. The van der Waals surface area contributed by atoms with E-state index in [1.54, 1.807) is 0 Å².